The Bertz CT molecular complexity index is 955. The minimum absolute atomic E-state index is 0.00682. The van der Waals surface area contributed by atoms with Crippen molar-refractivity contribution >= 4 is 16.9 Å². The fourth-order valence-electron chi connectivity index (χ4n) is 2.24. The monoisotopic (exact) mass is 301 g/mol. The zero-order valence-corrected chi connectivity index (χ0v) is 12.0. The lowest BCUT2D eigenvalue weighted by Crippen LogP contribution is -2.05. The summed E-state index contributed by atoms with van der Waals surface area (Å²) in [5.41, 5.74) is 8.15. The SMILES string of the molecule is N#CC(C#N)=C(N)c1ncnc2c1ncn2Cc1ccccc1. The highest BCUT2D eigenvalue weighted by atomic mass is 15.1. The van der Waals surface area contributed by atoms with Gasteiger partial charge in [-0.3, -0.25) is 0 Å². The summed E-state index contributed by atoms with van der Waals surface area (Å²) in [5, 5.41) is 17.9. The van der Waals surface area contributed by atoms with Gasteiger partial charge in [-0.15, -0.1) is 0 Å². The van der Waals surface area contributed by atoms with Crippen molar-refractivity contribution in [3.63, 3.8) is 0 Å². The van der Waals surface area contributed by atoms with Crippen LogP contribution in [0, 0.1) is 22.7 Å². The van der Waals surface area contributed by atoms with Gasteiger partial charge in [-0.2, -0.15) is 10.5 Å². The first-order valence-corrected chi connectivity index (χ1v) is 6.74. The number of hydrogen-bond acceptors (Lipinski definition) is 6. The minimum atomic E-state index is -0.192. The fraction of sp³-hybridized carbons (Fsp3) is 0.0625. The second-order valence-electron chi connectivity index (χ2n) is 4.76. The first-order chi connectivity index (χ1) is 11.2. The Kier molecular flexibility index (Phi) is 3.69. The molecule has 23 heavy (non-hydrogen) atoms. The van der Waals surface area contributed by atoms with Crippen molar-refractivity contribution in [2.45, 2.75) is 6.54 Å². The van der Waals surface area contributed by atoms with Gasteiger partial charge in [0.2, 0.25) is 0 Å². The number of fused-ring (bicyclic) bond motifs is 1. The van der Waals surface area contributed by atoms with Crippen molar-refractivity contribution in [3.8, 4) is 12.1 Å². The van der Waals surface area contributed by atoms with Crippen molar-refractivity contribution in [1.82, 2.24) is 19.5 Å². The van der Waals surface area contributed by atoms with Gasteiger partial charge < -0.3 is 10.3 Å². The highest BCUT2D eigenvalue weighted by Gasteiger charge is 2.15. The molecule has 0 radical (unpaired) electrons. The molecule has 0 saturated heterocycles. The highest BCUT2D eigenvalue weighted by molar-refractivity contribution is 5.86. The number of nitrogens with two attached hydrogens (primary N) is 1. The van der Waals surface area contributed by atoms with E-state index in [0.29, 0.717) is 23.4 Å². The molecule has 7 nitrogen and oxygen atoms in total. The average Bonchev–Trinajstić information content (AvgIpc) is 3.00. The third kappa shape index (κ3) is 2.59. The van der Waals surface area contributed by atoms with Crippen molar-refractivity contribution in [3.05, 3.63) is 59.8 Å². The normalized spacial score (nSPS) is 10.0. The maximum Gasteiger partial charge on any atom is 0.164 e. The predicted molar refractivity (Wildman–Crippen MR) is 83.2 cm³/mol. The number of nitriles is 2. The lowest BCUT2D eigenvalue weighted by Gasteiger charge is -2.05. The van der Waals surface area contributed by atoms with Crippen LogP contribution < -0.4 is 5.73 Å². The predicted octanol–water partition coefficient (Wildman–Crippen LogP) is 1.59. The van der Waals surface area contributed by atoms with Gasteiger partial charge in [0.05, 0.1) is 18.6 Å². The van der Waals surface area contributed by atoms with Crippen molar-refractivity contribution in [2.75, 3.05) is 0 Å². The first-order valence-electron chi connectivity index (χ1n) is 6.74. The van der Waals surface area contributed by atoms with Gasteiger partial charge in [-0.1, -0.05) is 30.3 Å². The number of aromatic nitrogens is 4. The minimum Gasteiger partial charge on any atom is -0.395 e. The first kappa shape index (κ1) is 14.2. The molecule has 0 amide bonds. The quantitative estimate of drug-likeness (QED) is 0.734. The van der Waals surface area contributed by atoms with Crippen LogP contribution in [0.3, 0.4) is 0 Å². The van der Waals surface area contributed by atoms with Crippen LogP contribution in [0.4, 0.5) is 0 Å². The van der Waals surface area contributed by atoms with Crippen LogP contribution in [0.1, 0.15) is 11.3 Å². The average molecular weight is 301 g/mol. The topological polar surface area (TPSA) is 117 Å². The molecule has 0 spiro atoms. The summed E-state index contributed by atoms with van der Waals surface area (Å²) in [4.78, 5) is 12.6. The van der Waals surface area contributed by atoms with E-state index >= 15 is 0 Å². The van der Waals surface area contributed by atoms with Gasteiger partial charge in [0, 0.05) is 0 Å². The molecule has 0 saturated carbocycles. The van der Waals surface area contributed by atoms with Crippen LogP contribution in [0.5, 0.6) is 0 Å². The molecular formula is C16H11N7. The van der Waals surface area contributed by atoms with Crippen molar-refractivity contribution in [1.29, 1.82) is 10.5 Å². The highest BCUT2D eigenvalue weighted by Crippen LogP contribution is 2.20. The molecule has 1 aromatic carbocycles. The molecule has 2 aromatic heterocycles. The number of benzene rings is 1. The summed E-state index contributed by atoms with van der Waals surface area (Å²) in [5.74, 6) is 0. The van der Waals surface area contributed by atoms with E-state index in [-0.39, 0.29) is 11.3 Å². The second-order valence-corrected chi connectivity index (χ2v) is 4.76. The van der Waals surface area contributed by atoms with Crippen LogP contribution >= 0.6 is 0 Å². The van der Waals surface area contributed by atoms with E-state index in [1.54, 1.807) is 18.5 Å². The Labute approximate surface area is 132 Å². The molecule has 0 aliphatic heterocycles. The van der Waals surface area contributed by atoms with E-state index in [1.165, 1.54) is 6.33 Å². The van der Waals surface area contributed by atoms with Crippen LogP contribution in [-0.4, -0.2) is 19.5 Å². The Hall–Kier alpha value is -3.71. The van der Waals surface area contributed by atoms with Gasteiger partial charge in [-0.05, 0) is 5.56 Å². The van der Waals surface area contributed by atoms with Gasteiger partial charge in [0.15, 0.2) is 11.2 Å². The van der Waals surface area contributed by atoms with E-state index in [0.717, 1.165) is 5.56 Å². The largest absolute Gasteiger partial charge is 0.395 e. The standard InChI is InChI=1S/C16H11N7/c17-6-12(7-18)13(19)14-15-16(21-9-20-14)23(10-22-15)8-11-4-2-1-3-5-11/h1-5,9-10H,8,19H2. The van der Waals surface area contributed by atoms with E-state index in [9.17, 15) is 0 Å². The molecular weight excluding hydrogens is 290 g/mol. The fourth-order valence-corrected chi connectivity index (χ4v) is 2.24. The maximum absolute atomic E-state index is 8.95. The molecule has 7 heteroatoms. The lowest BCUT2D eigenvalue weighted by atomic mass is 10.2. The summed E-state index contributed by atoms with van der Waals surface area (Å²) >= 11 is 0. The Morgan fingerprint density at radius 1 is 1.09 bits per heavy atom. The van der Waals surface area contributed by atoms with Crippen LogP contribution in [0.25, 0.3) is 16.9 Å². The molecule has 3 rings (SSSR count). The summed E-state index contributed by atoms with van der Waals surface area (Å²) in [6, 6.07) is 13.4. The van der Waals surface area contributed by atoms with Gasteiger partial charge in [0.25, 0.3) is 0 Å². The van der Waals surface area contributed by atoms with Crippen LogP contribution in [0.2, 0.25) is 0 Å². The maximum atomic E-state index is 8.95. The molecule has 2 N–H and O–H groups in total. The van der Waals surface area contributed by atoms with Crippen LogP contribution in [-0.2, 0) is 6.54 Å². The zero-order chi connectivity index (χ0) is 16.2. The molecule has 0 aliphatic carbocycles. The molecule has 110 valence electrons. The molecule has 0 bridgehead atoms. The smallest absolute Gasteiger partial charge is 0.164 e. The van der Waals surface area contributed by atoms with E-state index in [1.807, 2.05) is 34.9 Å². The van der Waals surface area contributed by atoms with Gasteiger partial charge >= 0.3 is 0 Å². The summed E-state index contributed by atoms with van der Waals surface area (Å²) in [6.07, 6.45) is 2.99. The number of hydrogen-bond donors (Lipinski definition) is 1. The van der Waals surface area contributed by atoms with Crippen LogP contribution in [0.15, 0.2) is 48.6 Å². The lowest BCUT2D eigenvalue weighted by molar-refractivity contribution is 0.813. The number of nitrogens with zero attached hydrogens (tertiary/aromatic N) is 6. The number of allylic oxidation sites excluding steroid dienone is 1. The molecule has 3 aromatic rings. The van der Waals surface area contributed by atoms with E-state index in [4.69, 9.17) is 16.3 Å². The summed E-state index contributed by atoms with van der Waals surface area (Å²) in [7, 11) is 0. The second kappa shape index (κ2) is 5.96. The Balaban J connectivity index is 2.11. The Morgan fingerprint density at radius 3 is 2.52 bits per heavy atom. The molecule has 0 atom stereocenters. The zero-order valence-electron chi connectivity index (χ0n) is 12.0. The number of imidazole rings is 1. The van der Waals surface area contributed by atoms with Crippen molar-refractivity contribution in [2.24, 2.45) is 5.73 Å². The Morgan fingerprint density at radius 2 is 1.83 bits per heavy atom. The number of rotatable bonds is 3. The third-order valence-electron chi connectivity index (χ3n) is 3.35. The van der Waals surface area contributed by atoms with Crippen molar-refractivity contribution < 1.29 is 0 Å². The van der Waals surface area contributed by atoms with E-state index < -0.39 is 0 Å². The molecule has 0 fully saturated rings. The van der Waals surface area contributed by atoms with E-state index in [2.05, 4.69) is 15.0 Å². The van der Waals surface area contributed by atoms with Gasteiger partial charge in [-0.25, -0.2) is 15.0 Å². The molecule has 0 unspecified atom stereocenters. The molecule has 0 aliphatic rings. The molecule has 2 heterocycles. The third-order valence-corrected chi connectivity index (χ3v) is 3.35. The van der Waals surface area contributed by atoms with Gasteiger partial charge in [0.1, 0.15) is 29.7 Å². The summed E-state index contributed by atoms with van der Waals surface area (Å²) < 4.78 is 1.86. The summed E-state index contributed by atoms with van der Waals surface area (Å²) in [6.45, 7) is 0.598.